The lowest BCUT2D eigenvalue weighted by Crippen LogP contribution is -2.47. The van der Waals surface area contributed by atoms with Crippen LogP contribution in [0.5, 0.6) is 0 Å². The molecule has 0 unspecified atom stereocenters. The van der Waals surface area contributed by atoms with Gasteiger partial charge in [-0.3, -0.25) is 4.90 Å². The van der Waals surface area contributed by atoms with Gasteiger partial charge in [-0.05, 0) is 5.56 Å². The average molecular weight is 375 g/mol. The summed E-state index contributed by atoms with van der Waals surface area (Å²) in [6, 6.07) is 11.0. The van der Waals surface area contributed by atoms with Crippen molar-refractivity contribution in [2.45, 2.75) is 19.4 Å². The molecule has 0 saturated heterocycles. The van der Waals surface area contributed by atoms with E-state index in [1.807, 2.05) is 18.2 Å². The Kier molecular flexibility index (Phi) is 13.1. The molecule has 138 valence electrons. The first-order valence-corrected chi connectivity index (χ1v) is 10.0. The zero-order valence-electron chi connectivity index (χ0n) is 14.9. The first kappa shape index (κ1) is 23.3. The number of benzene rings is 1. The molecule has 0 fully saturated rings. The maximum Gasteiger partial charge on any atom is 0.501 e. The van der Waals surface area contributed by atoms with Gasteiger partial charge in [0.15, 0.2) is 0 Å². The van der Waals surface area contributed by atoms with Gasteiger partial charge in [0.1, 0.15) is 0 Å². The second-order valence-electron chi connectivity index (χ2n) is 5.29. The molecule has 0 atom stereocenters. The molecule has 7 heteroatoms. The monoisotopic (exact) mass is 374 g/mol. The highest BCUT2D eigenvalue weighted by Gasteiger charge is 2.38. The highest BCUT2D eigenvalue weighted by Crippen LogP contribution is 2.16. The van der Waals surface area contributed by atoms with Crippen molar-refractivity contribution in [3.05, 3.63) is 42.0 Å². The molecule has 0 saturated carbocycles. The quantitative estimate of drug-likeness (QED) is 0.450. The molecule has 2 N–H and O–H groups in total. The lowest BCUT2D eigenvalue weighted by molar-refractivity contribution is 0.0428. The second-order valence-corrected chi connectivity index (χ2v) is 8.26. The summed E-state index contributed by atoms with van der Waals surface area (Å²) in [4.78, 5) is 2.15. The summed E-state index contributed by atoms with van der Waals surface area (Å²) >= 11 is 0. The normalized spacial score (nSPS) is 11.9. The van der Waals surface area contributed by atoms with Gasteiger partial charge in [0.25, 0.3) is 0 Å². The van der Waals surface area contributed by atoms with E-state index in [0.717, 1.165) is 25.6 Å². The van der Waals surface area contributed by atoms with Crippen LogP contribution in [0, 0.1) is 0 Å². The fourth-order valence-electron chi connectivity index (χ4n) is 2.27. The third-order valence-electron chi connectivity index (χ3n) is 3.56. The van der Waals surface area contributed by atoms with Crippen LogP contribution < -0.4 is 5.73 Å². The summed E-state index contributed by atoms with van der Waals surface area (Å²) in [5.41, 5.74) is 6.89. The molecular formula is C17H31ClN2O3Si. The maximum absolute atomic E-state index is 6.02. The van der Waals surface area contributed by atoms with E-state index in [1.165, 1.54) is 5.56 Å². The maximum atomic E-state index is 6.02. The summed E-state index contributed by atoms with van der Waals surface area (Å²) in [5.74, 6) is 0. The third kappa shape index (κ3) is 8.39. The van der Waals surface area contributed by atoms with Crippen LogP contribution in [0.15, 0.2) is 36.4 Å². The SMILES string of the molecule is CCC[Si](OC)(OC)OCN(CC=Cc1ccccc1)CCN.Cl. The van der Waals surface area contributed by atoms with Crippen LogP contribution in [-0.2, 0) is 13.3 Å². The van der Waals surface area contributed by atoms with E-state index in [2.05, 4.69) is 36.1 Å². The topological polar surface area (TPSA) is 57.0 Å². The fraction of sp³-hybridized carbons (Fsp3) is 0.529. The van der Waals surface area contributed by atoms with Crippen LogP contribution in [-0.4, -0.2) is 54.3 Å². The summed E-state index contributed by atoms with van der Waals surface area (Å²) < 4.78 is 17.1. The van der Waals surface area contributed by atoms with Crippen molar-refractivity contribution in [1.29, 1.82) is 0 Å². The summed E-state index contributed by atoms with van der Waals surface area (Å²) in [6.45, 7) is 4.69. The van der Waals surface area contributed by atoms with Gasteiger partial charge in [-0.1, -0.05) is 55.8 Å². The van der Waals surface area contributed by atoms with Gasteiger partial charge >= 0.3 is 8.80 Å². The molecule has 24 heavy (non-hydrogen) atoms. The number of nitrogens with zero attached hydrogens (tertiary/aromatic N) is 1. The predicted molar refractivity (Wildman–Crippen MR) is 104 cm³/mol. The van der Waals surface area contributed by atoms with Crippen molar-refractivity contribution < 1.29 is 13.3 Å². The molecule has 5 nitrogen and oxygen atoms in total. The summed E-state index contributed by atoms with van der Waals surface area (Å²) in [5, 5.41) is 0. The molecule has 0 aliphatic heterocycles. The number of nitrogens with two attached hydrogens (primary N) is 1. The molecule has 0 bridgehead atoms. The van der Waals surface area contributed by atoms with Gasteiger partial charge in [-0.2, -0.15) is 0 Å². The molecule has 0 aliphatic rings. The molecule has 0 spiro atoms. The molecule has 0 aromatic heterocycles. The Morgan fingerprint density at radius 2 is 1.83 bits per heavy atom. The first-order chi connectivity index (χ1) is 11.2. The molecular weight excluding hydrogens is 344 g/mol. The first-order valence-electron chi connectivity index (χ1n) is 8.08. The predicted octanol–water partition coefficient (Wildman–Crippen LogP) is 3.00. The van der Waals surface area contributed by atoms with Gasteiger partial charge < -0.3 is 19.0 Å². The zero-order chi connectivity index (χ0) is 17.0. The zero-order valence-corrected chi connectivity index (χ0v) is 16.8. The highest BCUT2D eigenvalue weighted by atomic mass is 35.5. The minimum atomic E-state index is -2.54. The van der Waals surface area contributed by atoms with Gasteiger partial charge in [0, 0.05) is 39.9 Å². The summed E-state index contributed by atoms with van der Waals surface area (Å²) in [7, 11) is 0.776. The third-order valence-corrected chi connectivity index (χ3v) is 6.49. The average Bonchev–Trinajstić information content (AvgIpc) is 2.59. The molecule has 0 aliphatic carbocycles. The smallest absolute Gasteiger partial charge is 0.377 e. The van der Waals surface area contributed by atoms with E-state index in [9.17, 15) is 0 Å². The molecule has 0 heterocycles. The highest BCUT2D eigenvalue weighted by molar-refractivity contribution is 6.60. The van der Waals surface area contributed by atoms with Crippen molar-refractivity contribution in [3.8, 4) is 0 Å². The van der Waals surface area contributed by atoms with E-state index >= 15 is 0 Å². The van der Waals surface area contributed by atoms with E-state index in [4.69, 9.17) is 19.0 Å². The Morgan fingerprint density at radius 3 is 2.38 bits per heavy atom. The fourth-order valence-corrected chi connectivity index (χ4v) is 4.21. The largest absolute Gasteiger partial charge is 0.501 e. The van der Waals surface area contributed by atoms with E-state index in [0.29, 0.717) is 13.3 Å². The van der Waals surface area contributed by atoms with Gasteiger partial charge in [-0.15, -0.1) is 12.4 Å². The van der Waals surface area contributed by atoms with E-state index < -0.39 is 8.80 Å². The minimum absolute atomic E-state index is 0. The van der Waals surface area contributed by atoms with Crippen molar-refractivity contribution >= 4 is 27.3 Å². The lowest BCUT2D eigenvalue weighted by Gasteiger charge is -2.29. The lowest BCUT2D eigenvalue weighted by atomic mass is 10.2. The number of halogens is 1. The Bertz CT molecular complexity index is 445. The van der Waals surface area contributed by atoms with Crippen LogP contribution >= 0.6 is 12.4 Å². The van der Waals surface area contributed by atoms with Crippen molar-refractivity contribution in [2.75, 3.05) is 40.6 Å². The molecule has 0 radical (unpaired) electrons. The Balaban J connectivity index is 0.00000529. The second kappa shape index (κ2) is 13.5. The number of hydrogen-bond acceptors (Lipinski definition) is 5. The Labute approximate surface area is 153 Å². The minimum Gasteiger partial charge on any atom is -0.377 e. The van der Waals surface area contributed by atoms with Crippen molar-refractivity contribution in [3.63, 3.8) is 0 Å². The van der Waals surface area contributed by atoms with Crippen LogP contribution in [0.3, 0.4) is 0 Å². The van der Waals surface area contributed by atoms with Crippen LogP contribution in [0.25, 0.3) is 6.08 Å². The molecule has 1 aromatic carbocycles. The van der Waals surface area contributed by atoms with Gasteiger partial charge in [0.05, 0.1) is 6.73 Å². The Hall–Kier alpha value is -0.733. The number of rotatable bonds is 12. The molecule has 1 aromatic rings. The number of hydrogen-bond donors (Lipinski definition) is 1. The van der Waals surface area contributed by atoms with Gasteiger partial charge in [-0.25, -0.2) is 0 Å². The summed E-state index contributed by atoms with van der Waals surface area (Å²) in [6.07, 6.45) is 5.20. The van der Waals surface area contributed by atoms with E-state index in [1.54, 1.807) is 14.2 Å². The van der Waals surface area contributed by atoms with Gasteiger partial charge in [0.2, 0.25) is 0 Å². The van der Waals surface area contributed by atoms with Crippen LogP contribution in [0.1, 0.15) is 18.9 Å². The Morgan fingerprint density at radius 1 is 1.17 bits per heavy atom. The standard InChI is InChI=1S/C17H30N2O3Si.ClH/c1-4-15-23(20-2,21-3)22-16-19(14-12-18)13-8-11-17-9-6-5-7-10-17;/h5-11H,4,12-16,18H2,1-3H3;1H. The molecule has 0 amide bonds. The van der Waals surface area contributed by atoms with E-state index in [-0.39, 0.29) is 12.4 Å². The molecule has 1 rings (SSSR count). The van der Waals surface area contributed by atoms with Crippen molar-refractivity contribution in [1.82, 2.24) is 4.90 Å². The van der Waals surface area contributed by atoms with Crippen LogP contribution in [0.2, 0.25) is 6.04 Å². The van der Waals surface area contributed by atoms with Crippen molar-refractivity contribution in [2.24, 2.45) is 5.73 Å². The van der Waals surface area contributed by atoms with Crippen LogP contribution in [0.4, 0.5) is 0 Å².